The summed E-state index contributed by atoms with van der Waals surface area (Å²) in [6.07, 6.45) is 1.59. The van der Waals surface area contributed by atoms with Crippen LogP contribution >= 0.6 is 27.5 Å². The van der Waals surface area contributed by atoms with Crippen molar-refractivity contribution in [2.45, 2.75) is 6.61 Å². The van der Waals surface area contributed by atoms with Gasteiger partial charge in [0.15, 0.2) is 6.61 Å². The molecule has 0 unspecified atom stereocenters. The number of rotatable bonds is 5. The molecule has 23 heavy (non-hydrogen) atoms. The van der Waals surface area contributed by atoms with Gasteiger partial charge in [0.2, 0.25) is 5.89 Å². The monoisotopic (exact) mass is 391 g/mol. The minimum Gasteiger partial charge on any atom is -0.417 e. The van der Waals surface area contributed by atoms with Gasteiger partial charge in [-0.05, 0) is 42.0 Å². The average Bonchev–Trinajstić information content (AvgIpc) is 3.03. The molecule has 0 bridgehead atoms. The molecule has 0 N–H and O–H groups in total. The molecule has 0 radical (unpaired) electrons. The zero-order valence-electron chi connectivity index (χ0n) is 11.8. The van der Waals surface area contributed by atoms with Crippen molar-refractivity contribution >= 4 is 33.7 Å². The summed E-state index contributed by atoms with van der Waals surface area (Å²) < 4.78 is 6.51. The van der Waals surface area contributed by atoms with Crippen LogP contribution in [0.25, 0.3) is 11.5 Å². The first-order valence-electron chi connectivity index (χ1n) is 6.70. The quantitative estimate of drug-likeness (QED) is 0.466. The summed E-state index contributed by atoms with van der Waals surface area (Å²) in [5, 5.41) is 12.4. The van der Waals surface area contributed by atoms with Crippen molar-refractivity contribution in [1.29, 1.82) is 0 Å². The molecule has 0 aliphatic heterocycles. The van der Waals surface area contributed by atoms with Gasteiger partial charge in [-0.15, -0.1) is 10.2 Å². The van der Waals surface area contributed by atoms with E-state index in [0.717, 1.165) is 15.6 Å². The van der Waals surface area contributed by atoms with E-state index in [4.69, 9.17) is 20.9 Å². The van der Waals surface area contributed by atoms with Crippen LogP contribution in [0.15, 0.2) is 62.6 Å². The lowest BCUT2D eigenvalue weighted by Gasteiger charge is -1.96. The number of nitrogens with zero attached hydrogens (tertiary/aromatic N) is 3. The van der Waals surface area contributed by atoms with Crippen molar-refractivity contribution in [2.75, 3.05) is 0 Å². The Morgan fingerprint density at radius 3 is 2.57 bits per heavy atom. The number of halogens is 2. The van der Waals surface area contributed by atoms with E-state index >= 15 is 0 Å². The van der Waals surface area contributed by atoms with Gasteiger partial charge in [-0.3, -0.25) is 0 Å². The second-order valence-electron chi connectivity index (χ2n) is 4.57. The molecule has 3 aromatic rings. The van der Waals surface area contributed by atoms with E-state index in [-0.39, 0.29) is 6.61 Å². The van der Waals surface area contributed by atoms with Gasteiger partial charge in [0, 0.05) is 15.1 Å². The molecule has 0 aliphatic rings. The maximum Gasteiger partial charge on any atom is 0.257 e. The number of aromatic nitrogens is 2. The highest BCUT2D eigenvalue weighted by molar-refractivity contribution is 9.10. The first-order chi connectivity index (χ1) is 11.2. The minimum absolute atomic E-state index is 0.105. The van der Waals surface area contributed by atoms with Gasteiger partial charge < -0.3 is 9.25 Å². The fraction of sp³-hybridized carbons (Fsp3) is 0.0625. The van der Waals surface area contributed by atoms with Crippen LogP contribution in [-0.2, 0) is 11.4 Å². The van der Waals surface area contributed by atoms with Crippen LogP contribution in [0.5, 0.6) is 0 Å². The predicted molar refractivity (Wildman–Crippen MR) is 91.3 cm³/mol. The summed E-state index contributed by atoms with van der Waals surface area (Å²) >= 11 is 9.19. The van der Waals surface area contributed by atoms with E-state index in [9.17, 15) is 0 Å². The molecule has 3 rings (SSSR count). The first-order valence-corrected chi connectivity index (χ1v) is 7.87. The van der Waals surface area contributed by atoms with Gasteiger partial charge in [-0.1, -0.05) is 44.8 Å². The maximum atomic E-state index is 5.81. The highest BCUT2D eigenvalue weighted by Crippen LogP contribution is 2.20. The Labute approximate surface area is 146 Å². The molecule has 0 atom stereocenters. The third kappa shape index (κ3) is 4.40. The summed E-state index contributed by atoms with van der Waals surface area (Å²) in [6.45, 7) is 0.105. The minimum atomic E-state index is 0.105. The van der Waals surface area contributed by atoms with E-state index in [1.165, 1.54) is 0 Å². The lowest BCUT2D eigenvalue weighted by Crippen LogP contribution is -1.88. The van der Waals surface area contributed by atoms with Gasteiger partial charge in [-0.25, -0.2) is 0 Å². The Morgan fingerprint density at radius 2 is 1.83 bits per heavy atom. The molecule has 2 aromatic carbocycles. The SMILES string of the molecule is Clc1ccc(/C=N/OCc2nnc(-c3ccc(Br)cc3)o2)cc1. The summed E-state index contributed by atoms with van der Waals surface area (Å²) in [7, 11) is 0. The van der Waals surface area contributed by atoms with Crippen molar-refractivity contribution in [3.63, 3.8) is 0 Å². The number of benzene rings is 2. The van der Waals surface area contributed by atoms with Crippen LogP contribution in [0.4, 0.5) is 0 Å². The van der Waals surface area contributed by atoms with Crippen molar-refractivity contribution in [1.82, 2.24) is 10.2 Å². The lowest BCUT2D eigenvalue weighted by molar-refractivity contribution is 0.112. The van der Waals surface area contributed by atoms with Gasteiger partial charge in [0.05, 0.1) is 6.21 Å². The smallest absolute Gasteiger partial charge is 0.257 e. The van der Waals surface area contributed by atoms with Crippen molar-refractivity contribution in [3.8, 4) is 11.5 Å². The Bertz CT molecular complexity index is 801. The van der Waals surface area contributed by atoms with Gasteiger partial charge >= 0.3 is 0 Å². The second kappa shape index (κ2) is 7.39. The molecular weight excluding hydrogens is 382 g/mol. The van der Waals surface area contributed by atoms with Gasteiger partial charge in [0.25, 0.3) is 5.89 Å². The number of hydrogen-bond donors (Lipinski definition) is 0. The fourth-order valence-electron chi connectivity index (χ4n) is 1.76. The molecule has 1 heterocycles. The summed E-state index contributed by atoms with van der Waals surface area (Å²) in [5.74, 6) is 0.800. The molecular formula is C16H11BrClN3O2. The van der Waals surface area contributed by atoms with Gasteiger partial charge in [0.1, 0.15) is 0 Å². The third-order valence-corrected chi connectivity index (χ3v) is 3.67. The topological polar surface area (TPSA) is 60.5 Å². The Hall–Kier alpha value is -2.18. The van der Waals surface area contributed by atoms with Crippen molar-refractivity contribution < 1.29 is 9.25 Å². The van der Waals surface area contributed by atoms with Gasteiger partial charge in [-0.2, -0.15) is 0 Å². The van der Waals surface area contributed by atoms with Crippen LogP contribution < -0.4 is 0 Å². The van der Waals surface area contributed by atoms with Crippen LogP contribution in [0.1, 0.15) is 11.5 Å². The van der Waals surface area contributed by atoms with E-state index in [1.54, 1.807) is 18.3 Å². The largest absolute Gasteiger partial charge is 0.417 e. The number of hydrogen-bond acceptors (Lipinski definition) is 5. The van der Waals surface area contributed by atoms with Crippen molar-refractivity contribution in [2.24, 2.45) is 5.16 Å². The average molecular weight is 393 g/mol. The molecule has 116 valence electrons. The molecule has 0 aliphatic carbocycles. The normalized spacial score (nSPS) is 11.0. The third-order valence-electron chi connectivity index (χ3n) is 2.89. The van der Waals surface area contributed by atoms with E-state index in [0.29, 0.717) is 16.8 Å². The highest BCUT2D eigenvalue weighted by Gasteiger charge is 2.08. The van der Waals surface area contributed by atoms with E-state index in [1.807, 2.05) is 36.4 Å². The molecule has 0 spiro atoms. The molecule has 1 aromatic heterocycles. The molecule has 5 nitrogen and oxygen atoms in total. The molecule has 0 amide bonds. The lowest BCUT2D eigenvalue weighted by atomic mass is 10.2. The molecule has 0 saturated heterocycles. The standard InChI is InChI=1S/C16H11BrClN3O2/c17-13-5-3-12(4-6-13)16-21-20-15(23-16)10-22-19-9-11-1-7-14(18)8-2-11/h1-9H,10H2/b19-9+. The summed E-state index contributed by atoms with van der Waals surface area (Å²) in [6, 6.07) is 14.8. The van der Waals surface area contributed by atoms with E-state index < -0.39 is 0 Å². The van der Waals surface area contributed by atoms with Crippen LogP contribution in [0, 0.1) is 0 Å². The Balaban J connectivity index is 1.57. The second-order valence-corrected chi connectivity index (χ2v) is 5.92. The van der Waals surface area contributed by atoms with Crippen LogP contribution in [0.2, 0.25) is 5.02 Å². The molecule has 0 fully saturated rings. The van der Waals surface area contributed by atoms with Crippen molar-refractivity contribution in [3.05, 3.63) is 69.5 Å². The zero-order chi connectivity index (χ0) is 16.1. The molecule has 7 heteroatoms. The zero-order valence-corrected chi connectivity index (χ0v) is 14.2. The maximum absolute atomic E-state index is 5.81. The Kier molecular flexibility index (Phi) is 5.05. The Morgan fingerprint density at radius 1 is 1.09 bits per heavy atom. The van der Waals surface area contributed by atoms with E-state index in [2.05, 4.69) is 31.3 Å². The predicted octanol–water partition coefficient (Wildman–Crippen LogP) is 4.70. The fourth-order valence-corrected chi connectivity index (χ4v) is 2.15. The first kappa shape index (κ1) is 15.7. The highest BCUT2D eigenvalue weighted by atomic mass is 79.9. The number of oxime groups is 1. The van der Waals surface area contributed by atoms with Crippen LogP contribution in [0.3, 0.4) is 0 Å². The summed E-state index contributed by atoms with van der Waals surface area (Å²) in [4.78, 5) is 5.15. The molecule has 0 saturated carbocycles. The van der Waals surface area contributed by atoms with Crippen LogP contribution in [-0.4, -0.2) is 16.4 Å². The summed E-state index contributed by atoms with van der Waals surface area (Å²) in [5.41, 5.74) is 1.73.